The smallest absolute Gasteiger partial charge is 0.342 e. The van der Waals surface area contributed by atoms with Crippen molar-refractivity contribution in [3.8, 4) is 0 Å². The SMILES string of the molecule is C=C(CCC12OC(C(O)(CCC)CCCC)C(O)(C(=O)O)C(C(=O)O)(C[C@H]1O)O2)[C@@H](OC(C)=O)[C@H](C)Cc1ccccc1. The number of ether oxygens (including phenoxy) is 3. The van der Waals surface area contributed by atoms with Gasteiger partial charge < -0.3 is 39.7 Å². The minimum Gasteiger partial charge on any atom is -0.479 e. The maximum atomic E-state index is 12.7. The molecule has 2 heterocycles. The second-order valence-electron chi connectivity index (χ2n) is 12.1. The number of carboxylic acids is 2. The molecule has 2 bridgehead atoms. The van der Waals surface area contributed by atoms with Crippen LogP contribution in [0, 0.1) is 5.92 Å². The summed E-state index contributed by atoms with van der Waals surface area (Å²) in [6.45, 7) is 10.9. The van der Waals surface area contributed by atoms with Gasteiger partial charge in [-0.3, -0.25) is 4.79 Å². The first-order chi connectivity index (χ1) is 20.1. The Kier molecular flexibility index (Phi) is 10.8. The number of carbonyl (C=O) groups is 3. The third kappa shape index (κ3) is 6.51. The quantitative estimate of drug-likeness (QED) is 0.138. The van der Waals surface area contributed by atoms with Crippen molar-refractivity contribution >= 4 is 17.9 Å². The molecule has 0 radical (unpaired) electrons. The third-order valence-corrected chi connectivity index (χ3v) is 8.86. The fraction of sp³-hybridized carbons (Fsp3) is 0.656. The van der Waals surface area contributed by atoms with Gasteiger partial charge in [0.25, 0.3) is 0 Å². The predicted molar refractivity (Wildman–Crippen MR) is 155 cm³/mol. The van der Waals surface area contributed by atoms with E-state index in [1.54, 1.807) is 6.92 Å². The second kappa shape index (κ2) is 13.4. The van der Waals surface area contributed by atoms with E-state index in [4.69, 9.17) is 14.2 Å². The van der Waals surface area contributed by atoms with Gasteiger partial charge in [-0.05, 0) is 36.8 Å². The Hall–Kier alpha value is -2.83. The van der Waals surface area contributed by atoms with Crippen molar-refractivity contribution in [2.75, 3.05) is 0 Å². The van der Waals surface area contributed by atoms with Gasteiger partial charge >= 0.3 is 17.9 Å². The van der Waals surface area contributed by atoms with Gasteiger partial charge in [-0.15, -0.1) is 0 Å². The number of unbranched alkanes of at least 4 members (excludes halogenated alkanes) is 1. The maximum Gasteiger partial charge on any atom is 0.342 e. The standard InChI is InChI=1S/C32H46O11/c1-6-8-16-29(39,15-7-2)26-32(40,28(37)38)30(27(35)36)19-24(34)31(42-26,43-30)17-14-20(3)25(41-22(5)33)21(4)18-23-12-10-9-11-13-23/h9-13,21,24-26,34,39-40H,3,6-8,14-19H2,1-2,4-5H3,(H,35,36)(H,37,38)/t21-,24-,25-,26?,29?,30?,31?,32?/m1/s1. The van der Waals surface area contributed by atoms with E-state index in [1.807, 2.05) is 44.2 Å². The molecule has 1 aromatic carbocycles. The first-order valence-corrected chi connectivity index (χ1v) is 15.0. The lowest BCUT2D eigenvalue weighted by Gasteiger charge is -2.54. The fourth-order valence-corrected chi connectivity index (χ4v) is 6.67. The lowest BCUT2D eigenvalue weighted by atomic mass is 9.68. The first-order valence-electron chi connectivity index (χ1n) is 15.0. The van der Waals surface area contributed by atoms with Crippen LogP contribution in [-0.2, 0) is 35.0 Å². The van der Waals surface area contributed by atoms with Crippen LogP contribution >= 0.6 is 0 Å². The summed E-state index contributed by atoms with van der Waals surface area (Å²) in [5, 5.41) is 55.4. The van der Waals surface area contributed by atoms with Gasteiger partial charge in [0, 0.05) is 25.7 Å². The monoisotopic (exact) mass is 606 g/mol. The molecule has 0 aliphatic carbocycles. The van der Waals surface area contributed by atoms with Crippen LogP contribution in [0.25, 0.3) is 0 Å². The first kappa shape index (κ1) is 34.7. The molecule has 2 fully saturated rings. The number of aliphatic carboxylic acids is 2. The van der Waals surface area contributed by atoms with E-state index in [1.165, 1.54) is 6.92 Å². The Morgan fingerprint density at radius 3 is 2.30 bits per heavy atom. The van der Waals surface area contributed by atoms with Crippen molar-refractivity contribution in [3.05, 3.63) is 48.0 Å². The van der Waals surface area contributed by atoms with Crippen LogP contribution in [0.2, 0.25) is 0 Å². The van der Waals surface area contributed by atoms with Gasteiger partial charge in [-0.1, -0.05) is 76.9 Å². The Morgan fingerprint density at radius 1 is 1.12 bits per heavy atom. The van der Waals surface area contributed by atoms with Crippen molar-refractivity contribution < 1.29 is 54.1 Å². The summed E-state index contributed by atoms with van der Waals surface area (Å²) >= 11 is 0. The molecule has 0 saturated carbocycles. The van der Waals surface area contributed by atoms with Crippen molar-refractivity contribution in [1.82, 2.24) is 0 Å². The number of esters is 1. The highest BCUT2D eigenvalue weighted by atomic mass is 16.8. The summed E-state index contributed by atoms with van der Waals surface area (Å²) in [5.74, 6) is -6.56. The van der Waals surface area contributed by atoms with Crippen LogP contribution in [0.5, 0.6) is 0 Å². The summed E-state index contributed by atoms with van der Waals surface area (Å²) in [5.41, 5.74) is -6.51. The van der Waals surface area contributed by atoms with Gasteiger partial charge in [0.2, 0.25) is 11.2 Å². The molecule has 0 aromatic heterocycles. The number of carboxylic acid groups (broad SMARTS) is 2. The summed E-state index contributed by atoms with van der Waals surface area (Å²) in [6, 6.07) is 9.60. The lowest BCUT2D eigenvalue weighted by Crippen LogP contribution is -2.78. The highest BCUT2D eigenvalue weighted by Crippen LogP contribution is 2.57. The van der Waals surface area contributed by atoms with Crippen molar-refractivity contribution in [2.45, 2.75) is 126 Å². The molecule has 2 aliphatic rings. The number of benzene rings is 1. The van der Waals surface area contributed by atoms with Crippen molar-refractivity contribution in [2.24, 2.45) is 5.92 Å². The van der Waals surface area contributed by atoms with Gasteiger partial charge in [0.15, 0.2) is 5.79 Å². The van der Waals surface area contributed by atoms with Crippen molar-refractivity contribution in [3.63, 3.8) is 0 Å². The molecular weight excluding hydrogens is 560 g/mol. The van der Waals surface area contributed by atoms with E-state index in [0.29, 0.717) is 31.3 Å². The normalized spacial score (nSPS) is 31.0. The van der Waals surface area contributed by atoms with Crippen LogP contribution in [-0.4, -0.2) is 84.3 Å². The molecule has 3 rings (SSSR count). The molecule has 8 atom stereocenters. The zero-order chi connectivity index (χ0) is 32.2. The zero-order valence-corrected chi connectivity index (χ0v) is 25.5. The topological polar surface area (TPSA) is 180 Å². The molecule has 11 heteroatoms. The highest BCUT2D eigenvalue weighted by Gasteiger charge is 2.81. The molecular formula is C32H46O11. The third-order valence-electron chi connectivity index (χ3n) is 8.86. The molecule has 43 heavy (non-hydrogen) atoms. The van der Waals surface area contributed by atoms with Gasteiger partial charge in [0.1, 0.15) is 18.3 Å². The van der Waals surface area contributed by atoms with Gasteiger partial charge in [0.05, 0.1) is 5.60 Å². The largest absolute Gasteiger partial charge is 0.479 e. The Morgan fingerprint density at radius 2 is 1.77 bits per heavy atom. The number of carbonyl (C=O) groups excluding carboxylic acids is 1. The Labute approximate surface area is 252 Å². The molecule has 11 nitrogen and oxygen atoms in total. The minimum absolute atomic E-state index is 0.00731. The summed E-state index contributed by atoms with van der Waals surface area (Å²) in [4.78, 5) is 37.4. The summed E-state index contributed by atoms with van der Waals surface area (Å²) in [7, 11) is 0. The molecule has 240 valence electrons. The molecule has 1 aromatic rings. The van der Waals surface area contributed by atoms with Gasteiger partial charge in [-0.2, -0.15) is 0 Å². The van der Waals surface area contributed by atoms with Crippen LogP contribution in [0.15, 0.2) is 42.5 Å². The lowest BCUT2D eigenvalue weighted by molar-refractivity contribution is -0.399. The molecule has 0 spiro atoms. The maximum absolute atomic E-state index is 12.7. The molecule has 5 N–H and O–H groups in total. The van der Waals surface area contributed by atoms with Crippen LogP contribution < -0.4 is 0 Å². The van der Waals surface area contributed by atoms with Crippen molar-refractivity contribution in [1.29, 1.82) is 0 Å². The van der Waals surface area contributed by atoms with E-state index in [-0.39, 0.29) is 31.6 Å². The minimum atomic E-state index is -3.22. The number of hydrogen-bond donors (Lipinski definition) is 5. The summed E-state index contributed by atoms with van der Waals surface area (Å²) in [6.07, 6.45) is -3.26. The second-order valence-corrected chi connectivity index (χ2v) is 12.1. The van der Waals surface area contributed by atoms with E-state index < -0.39 is 65.2 Å². The van der Waals surface area contributed by atoms with E-state index in [9.17, 15) is 39.9 Å². The molecule has 2 aliphatic heterocycles. The van der Waals surface area contributed by atoms with Crippen LogP contribution in [0.4, 0.5) is 0 Å². The Bertz CT molecular complexity index is 1170. The summed E-state index contributed by atoms with van der Waals surface area (Å²) < 4.78 is 17.6. The predicted octanol–water partition coefficient (Wildman–Crippen LogP) is 3.37. The number of rotatable bonds is 16. The molecule has 2 saturated heterocycles. The van der Waals surface area contributed by atoms with E-state index in [2.05, 4.69) is 6.58 Å². The van der Waals surface area contributed by atoms with Crippen LogP contribution in [0.3, 0.4) is 0 Å². The number of hydrogen-bond acceptors (Lipinski definition) is 9. The average molecular weight is 607 g/mol. The fourth-order valence-electron chi connectivity index (χ4n) is 6.67. The van der Waals surface area contributed by atoms with E-state index in [0.717, 1.165) is 5.56 Å². The highest BCUT2D eigenvalue weighted by molar-refractivity contribution is 5.92. The van der Waals surface area contributed by atoms with E-state index >= 15 is 0 Å². The molecule has 5 unspecified atom stereocenters. The van der Waals surface area contributed by atoms with Crippen LogP contribution in [0.1, 0.15) is 84.6 Å². The number of fused-ring (bicyclic) bond motifs is 2. The molecule has 0 amide bonds. The van der Waals surface area contributed by atoms with Gasteiger partial charge in [-0.25, -0.2) is 9.59 Å². The zero-order valence-electron chi connectivity index (χ0n) is 25.5. The average Bonchev–Trinajstić information content (AvgIpc) is 3.21. The Balaban J connectivity index is 1.99. The number of aliphatic hydroxyl groups is 3. The number of aliphatic hydroxyl groups excluding tert-OH is 1.